The Morgan fingerprint density at radius 1 is 1.65 bits per heavy atom. The average Bonchev–Trinajstić information content (AvgIpc) is 2.44. The molecule has 1 amide bonds. The van der Waals surface area contributed by atoms with Gasteiger partial charge in [-0.25, -0.2) is 0 Å². The van der Waals surface area contributed by atoms with Crippen LogP contribution >= 0.6 is 38.9 Å². The normalized spacial score (nSPS) is 13.7. The number of hydrogen-bond donors (Lipinski definition) is 2. The molecule has 0 aliphatic rings. The lowest BCUT2D eigenvalue weighted by Crippen LogP contribution is -2.38. The molecule has 1 aromatic heterocycles. The predicted octanol–water partition coefficient (Wildman–Crippen LogP) is 2.84. The van der Waals surface area contributed by atoms with Crippen LogP contribution in [-0.4, -0.2) is 18.6 Å². The third-order valence-electron chi connectivity index (χ3n) is 1.74. The molecule has 0 saturated carbocycles. The maximum absolute atomic E-state index is 12.0. The van der Waals surface area contributed by atoms with Gasteiger partial charge >= 0.3 is 6.18 Å². The molecule has 0 fully saturated rings. The molecule has 9 heteroatoms. The summed E-state index contributed by atoms with van der Waals surface area (Å²) in [5, 5.41) is 2.05. The minimum absolute atomic E-state index is 0.332. The van der Waals surface area contributed by atoms with E-state index in [4.69, 9.17) is 17.3 Å². The van der Waals surface area contributed by atoms with E-state index in [0.29, 0.717) is 13.7 Å². The molecule has 0 spiro atoms. The van der Waals surface area contributed by atoms with Crippen molar-refractivity contribution in [3.05, 3.63) is 19.8 Å². The zero-order valence-corrected chi connectivity index (χ0v) is 11.3. The van der Waals surface area contributed by atoms with Crippen molar-refractivity contribution in [1.29, 1.82) is 0 Å². The van der Waals surface area contributed by atoms with E-state index in [1.165, 1.54) is 6.07 Å². The zero-order valence-electron chi connectivity index (χ0n) is 8.15. The second-order valence-electron chi connectivity index (χ2n) is 3.10. The molecule has 1 heterocycles. The molecule has 1 aromatic rings. The number of halogens is 5. The van der Waals surface area contributed by atoms with Crippen LogP contribution in [0, 0.1) is 0 Å². The van der Waals surface area contributed by atoms with Crippen LogP contribution in [0.15, 0.2) is 10.5 Å². The molecule has 3 N–H and O–H groups in total. The Balaban J connectivity index is 2.83. The van der Waals surface area contributed by atoms with E-state index in [1.807, 2.05) is 5.32 Å². The summed E-state index contributed by atoms with van der Waals surface area (Å²) in [6, 6.07) is 0.261. The van der Waals surface area contributed by atoms with E-state index in [-0.39, 0.29) is 0 Å². The van der Waals surface area contributed by atoms with Crippen LogP contribution in [0.1, 0.15) is 10.9 Å². The molecule has 3 nitrogen and oxygen atoms in total. The van der Waals surface area contributed by atoms with Crippen LogP contribution in [0.25, 0.3) is 0 Å². The second-order valence-corrected chi connectivity index (χ2v) is 5.64. The Labute approximate surface area is 112 Å². The number of carbonyl (C=O) groups is 1. The second kappa shape index (κ2) is 5.55. The van der Waals surface area contributed by atoms with Crippen molar-refractivity contribution in [2.24, 2.45) is 5.73 Å². The zero-order chi connectivity index (χ0) is 13.2. The Bertz CT molecular complexity index is 404. The van der Waals surface area contributed by atoms with Crippen LogP contribution in [0.4, 0.5) is 13.2 Å². The number of thiophene rings is 1. The summed E-state index contributed by atoms with van der Waals surface area (Å²) < 4.78 is 37.0. The van der Waals surface area contributed by atoms with Crippen molar-refractivity contribution >= 4 is 44.8 Å². The fourth-order valence-electron chi connectivity index (χ4n) is 1.06. The SMILES string of the molecule is NC(=O)C(NCC(F)(F)F)c1cc(Br)c(Cl)s1. The summed E-state index contributed by atoms with van der Waals surface area (Å²) in [5.74, 6) is -0.889. The lowest BCUT2D eigenvalue weighted by atomic mass is 10.2. The summed E-state index contributed by atoms with van der Waals surface area (Å²) >= 11 is 9.83. The van der Waals surface area contributed by atoms with E-state index < -0.39 is 24.7 Å². The fraction of sp³-hybridized carbons (Fsp3) is 0.375. The summed E-state index contributed by atoms with van der Waals surface area (Å²) in [5.41, 5.74) is 5.04. The van der Waals surface area contributed by atoms with E-state index in [9.17, 15) is 18.0 Å². The molecule has 0 radical (unpaired) electrons. The molecule has 1 rings (SSSR count). The fourth-order valence-corrected chi connectivity index (χ4v) is 2.89. The maximum Gasteiger partial charge on any atom is 0.401 e. The van der Waals surface area contributed by atoms with Crippen LogP contribution in [-0.2, 0) is 4.79 Å². The van der Waals surface area contributed by atoms with Gasteiger partial charge in [0.15, 0.2) is 0 Å². The van der Waals surface area contributed by atoms with Crippen LogP contribution in [0.3, 0.4) is 0 Å². The molecule has 0 saturated heterocycles. The summed E-state index contributed by atoms with van der Waals surface area (Å²) in [6.07, 6.45) is -4.41. The van der Waals surface area contributed by atoms with Gasteiger partial charge in [-0.1, -0.05) is 11.6 Å². The lowest BCUT2D eigenvalue weighted by Gasteiger charge is -2.15. The average molecular weight is 352 g/mol. The van der Waals surface area contributed by atoms with Gasteiger partial charge in [0, 0.05) is 9.35 Å². The van der Waals surface area contributed by atoms with Crippen molar-refractivity contribution in [1.82, 2.24) is 5.32 Å². The van der Waals surface area contributed by atoms with Gasteiger partial charge in [0.05, 0.1) is 6.54 Å². The van der Waals surface area contributed by atoms with Crippen molar-refractivity contribution in [2.45, 2.75) is 12.2 Å². The van der Waals surface area contributed by atoms with E-state index >= 15 is 0 Å². The summed E-state index contributed by atoms with van der Waals surface area (Å²) in [4.78, 5) is 11.4. The van der Waals surface area contributed by atoms with Crippen LogP contribution < -0.4 is 11.1 Å². The third kappa shape index (κ3) is 4.46. The Morgan fingerprint density at radius 2 is 2.24 bits per heavy atom. The van der Waals surface area contributed by atoms with Crippen LogP contribution in [0.5, 0.6) is 0 Å². The lowest BCUT2D eigenvalue weighted by molar-refractivity contribution is -0.130. The first-order chi connectivity index (χ1) is 7.70. The van der Waals surface area contributed by atoms with Crippen molar-refractivity contribution in [3.63, 3.8) is 0 Å². The highest BCUT2D eigenvalue weighted by Gasteiger charge is 2.30. The largest absolute Gasteiger partial charge is 0.401 e. The minimum atomic E-state index is -4.41. The highest BCUT2D eigenvalue weighted by molar-refractivity contribution is 9.10. The van der Waals surface area contributed by atoms with Gasteiger partial charge in [-0.2, -0.15) is 13.2 Å². The molecular formula is C8H7BrClF3N2OS. The number of hydrogen-bond acceptors (Lipinski definition) is 3. The Kier molecular flexibility index (Phi) is 4.82. The van der Waals surface area contributed by atoms with Crippen molar-refractivity contribution in [3.8, 4) is 0 Å². The van der Waals surface area contributed by atoms with E-state index in [0.717, 1.165) is 11.3 Å². The number of amides is 1. The molecular weight excluding hydrogens is 345 g/mol. The van der Waals surface area contributed by atoms with Gasteiger partial charge < -0.3 is 5.73 Å². The van der Waals surface area contributed by atoms with Gasteiger partial charge in [-0.15, -0.1) is 11.3 Å². The van der Waals surface area contributed by atoms with Gasteiger partial charge in [-0.05, 0) is 22.0 Å². The number of primary amides is 1. The maximum atomic E-state index is 12.0. The highest BCUT2D eigenvalue weighted by atomic mass is 79.9. The number of alkyl halides is 3. The first-order valence-electron chi connectivity index (χ1n) is 4.25. The van der Waals surface area contributed by atoms with E-state index in [1.54, 1.807) is 0 Å². The quantitative estimate of drug-likeness (QED) is 0.876. The van der Waals surface area contributed by atoms with Gasteiger partial charge in [0.25, 0.3) is 0 Å². The Hall–Kier alpha value is -0.310. The number of rotatable bonds is 4. The molecule has 0 bridgehead atoms. The third-order valence-corrected chi connectivity index (χ3v) is 4.28. The topological polar surface area (TPSA) is 55.1 Å². The molecule has 1 atom stereocenters. The standard InChI is InChI=1S/C8H7BrClF3N2OS/c9-3-1-4(17-6(3)10)5(7(14)16)15-2-8(11,12)13/h1,5,15H,2H2,(H2,14,16). The van der Waals surface area contributed by atoms with Gasteiger partial charge in [0.2, 0.25) is 5.91 Å². The smallest absolute Gasteiger partial charge is 0.368 e. The number of carbonyl (C=O) groups excluding carboxylic acids is 1. The summed E-state index contributed by atoms with van der Waals surface area (Å²) in [7, 11) is 0. The Morgan fingerprint density at radius 3 is 2.59 bits per heavy atom. The molecule has 96 valence electrons. The first-order valence-corrected chi connectivity index (χ1v) is 6.23. The van der Waals surface area contributed by atoms with Gasteiger partial charge in [0.1, 0.15) is 10.4 Å². The highest BCUT2D eigenvalue weighted by Crippen LogP contribution is 2.35. The van der Waals surface area contributed by atoms with Crippen LogP contribution in [0.2, 0.25) is 4.34 Å². The molecule has 1 unspecified atom stereocenters. The monoisotopic (exact) mass is 350 g/mol. The molecule has 0 aliphatic carbocycles. The number of nitrogens with two attached hydrogens (primary N) is 1. The van der Waals surface area contributed by atoms with E-state index in [2.05, 4.69) is 15.9 Å². The van der Waals surface area contributed by atoms with Gasteiger partial charge in [-0.3, -0.25) is 10.1 Å². The minimum Gasteiger partial charge on any atom is -0.368 e. The number of nitrogens with one attached hydrogen (secondary N) is 1. The molecule has 17 heavy (non-hydrogen) atoms. The molecule has 0 aliphatic heterocycles. The summed E-state index contributed by atoms with van der Waals surface area (Å²) in [6.45, 7) is -1.30. The van der Waals surface area contributed by atoms with Crippen molar-refractivity contribution in [2.75, 3.05) is 6.54 Å². The van der Waals surface area contributed by atoms with Crippen molar-refractivity contribution < 1.29 is 18.0 Å². The molecule has 0 aromatic carbocycles. The predicted molar refractivity (Wildman–Crippen MR) is 63.0 cm³/mol. The first kappa shape index (κ1) is 14.7.